The van der Waals surface area contributed by atoms with E-state index in [0.29, 0.717) is 17.0 Å². The third kappa shape index (κ3) is 2.22. The molecule has 1 unspecified atom stereocenters. The summed E-state index contributed by atoms with van der Waals surface area (Å²) < 4.78 is 0.877. The van der Waals surface area contributed by atoms with Crippen molar-refractivity contribution in [2.75, 3.05) is 5.73 Å². The van der Waals surface area contributed by atoms with Gasteiger partial charge in [0.15, 0.2) is 0 Å². The van der Waals surface area contributed by atoms with Crippen LogP contribution >= 0.6 is 15.9 Å². The Labute approximate surface area is 118 Å². The molecule has 3 aromatic rings. The summed E-state index contributed by atoms with van der Waals surface area (Å²) in [6.07, 6.45) is -0.785. The van der Waals surface area contributed by atoms with Crippen LogP contribution in [0.25, 0.3) is 11.0 Å². The number of nitrogen functional groups attached to an aromatic ring is 1. The first-order valence-corrected chi connectivity index (χ1v) is 6.62. The van der Waals surface area contributed by atoms with Crippen molar-refractivity contribution >= 4 is 32.7 Å². The predicted octanol–water partition coefficient (Wildman–Crippen LogP) is 2.99. The lowest BCUT2D eigenvalue weighted by atomic mass is 10.1. The van der Waals surface area contributed by atoms with E-state index in [1.807, 2.05) is 36.4 Å². The SMILES string of the molecule is Nc1cc(Br)cc2[nH]c(C(O)c3ccccc3)nc12. The van der Waals surface area contributed by atoms with Crippen molar-refractivity contribution in [3.8, 4) is 0 Å². The fourth-order valence-electron chi connectivity index (χ4n) is 2.05. The summed E-state index contributed by atoms with van der Waals surface area (Å²) in [7, 11) is 0. The molecule has 1 atom stereocenters. The summed E-state index contributed by atoms with van der Waals surface area (Å²) in [5, 5.41) is 10.3. The van der Waals surface area contributed by atoms with Crippen molar-refractivity contribution in [3.05, 3.63) is 58.3 Å². The number of H-pyrrole nitrogens is 1. The fraction of sp³-hybridized carbons (Fsp3) is 0.0714. The monoisotopic (exact) mass is 317 g/mol. The van der Waals surface area contributed by atoms with Crippen molar-refractivity contribution in [1.29, 1.82) is 0 Å². The smallest absolute Gasteiger partial charge is 0.140 e. The maximum absolute atomic E-state index is 10.3. The first-order chi connectivity index (χ1) is 9.15. The van der Waals surface area contributed by atoms with Crippen molar-refractivity contribution in [3.63, 3.8) is 0 Å². The Balaban J connectivity index is 2.09. The van der Waals surface area contributed by atoms with Gasteiger partial charge in [-0.15, -0.1) is 0 Å². The zero-order chi connectivity index (χ0) is 13.4. The van der Waals surface area contributed by atoms with Crippen LogP contribution in [0.4, 0.5) is 5.69 Å². The van der Waals surface area contributed by atoms with Crippen molar-refractivity contribution in [2.45, 2.75) is 6.10 Å². The number of aliphatic hydroxyl groups excluding tert-OH is 1. The van der Waals surface area contributed by atoms with Crippen LogP contribution in [0.5, 0.6) is 0 Å². The average molecular weight is 318 g/mol. The van der Waals surface area contributed by atoms with E-state index in [-0.39, 0.29) is 0 Å². The van der Waals surface area contributed by atoms with Gasteiger partial charge in [0.2, 0.25) is 0 Å². The van der Waals surface area contributed by atoms with Crippen LogP contribution in [0.2, 0.25) is 0 Å². The number of nitrogens with two attached hydrogens (primary N) is 1. The topological polar surface area (TPSA) is 74.9 Å². The minimum Gasteiger partial charge on any atom is -0.397 e. The molecule has 0 fully saturated rings. The van der Waals surface area contributed by atoms with Gasteiger partial charge in [-0.05, 0) is 17.7 Å². The predicted molar refractivity (Wildman–Crippen MR) is 78.7 cm³/mol. The summed E-state index contributed by atoms with van der Waals surface area (Å²) in [6.45, 7) is 0. The second kappa shape index (κ2) is 4.68. The molecule has 0 saturated carbocycles. The minimum atomic E-state index is -0.785. The highest BCUT2D eigenvalue weighted by Gasteiger charge is 2.15. The molecule has 4 N–H and O–H groups in total. The molecule has 0 saturated heterocycles. The lowest BCUT2D eigenvalue weighted by molar-refractivity contribution is 0.211. The fourth-order valence-corrected chi connectivity index (χ4v) is 2.53. The van der Waals surface area contributed by atoms with Crippen LogP contribution in [0, 0.1) is 0 Å². The van der Waals surface area contributed by atoms with Crippen molar-refractivity contribution < 1.29 is 5.11 Å². The van der Waals surface area contributed by atoms with Crippen LogP contribution in [0.3, 0.4) is 0 Å². The molecule has 4 nitrogen and oxygen atoms in total. The molecule has 2 aromatic carbocycles. The van der Waals surface area contributed by atoms with Gasteiger partial charge in [-0.2, -0.15) is 0 Å². The lowest BCUT2D eigenvalue weighted by Gasteiger charge is -2.06. The minimum absolute atomic E-state index is 0.492. The number of halogens is 1. The molecule has 1 aromatic heterocycles. The van der Waals surface area contributed by atoms with Gasteiger partial charge in [0.1, 0.15) is 17.4 Å². The molecule has 19 heavy (non-hydrogen) atoms. The van der Waals surface area contributed by atoms with Gasteiger partial charge in [0, 0.05) is 4.47 Å². The highest BCUT2D eigenvalue weighted by Crippen LogP contribution is 2.27. The van der Waals surface area contributed by atoms with Gasteiger partial charge >= 0.3 is 0 Å². The molecule has 0 amide bonds. The molecular weight excluding hydrogens is 306 g/mol. The van der Waals surface area contributed by atoms with E-state index < -0.39 is 6.10 Å². The zero-order valence-corrected chi connectivity index (χ0v) is 11.6. The summed E-state index contributed by atoms with van der Waals surface area (Å²) in [5.74, 6) is 0.492. The number of nitrogens with zero attached hydrogens (tertiary/aromatic N) is 1. The number of aromatic nitrogens is 2. The standard InChI is InChI=1S/C14H12BrN3O/c15-9-6-10(16)12-11(7-9)17-14(18-12)13(19)8-4-2-1-3-5-8/h1-7,13,19H,16H2,(H,17,18). The number of fused-ring (bicyclic) bond motifs is 1. The van der Waals surface area contributed by atoms with Crippen molar-refractivity contribution in [2.24, 2.45) is 0 Å². The maximum atomic E-state index is 10.3. The number of benzene rings is 2. The van der Waals surface area contributed by atoms with Gasteiger partial charge in [-0.1, -0.05) is 46.3 Å². The summed E-state index contributed by atoms with van der Waals surface area (Å²) >= 11 is 3.38. The molecule has 0 bridgehead atoms. The Morgan fingerprint density at radius 2 is 1.95 bits per heavy atom. The Bertz CT molecular complexity index is 724. The van der Waals surface area contributed by atoms with E-state index in [2.05, 4.69) is 25.9 Å². The number of rotatable bonds is 2. The van der Waals surface area contributed by atoms with E-state index in [4.69, 9.17) is 5.73 Å². The van der Waals surface area contributed by atoms with Crippen molar-refractivity contribution in [1.82, 2.24) is 9.97 Å². The number of aliphatic hydroxyl groups is 1. The maximum Gasteiger partial charge on any atom is 0.140 e. The second-order valence-electron chi connectivity index (χ2n) is 4.33. The largest absolute Gasteiger partial charge is 0.397 e. The molecule has 0 aliphatic heterocycles. The Kier molecular flexibility index (Phi) is 3.00. The van der Waals surface area contributed by atoms with Gasteiger partial charge < -0.3 is 15.8 Å². The molecule has 1 heterocycles. The average Bonchev–Trinajstić information content (AvgIpc) is 2.83. The third-order valence-electron chi connectivity index (χ3n) is 2.97. The van der Waals surface area contributed by atoms with Crippen LogP contribution in [-0.2, 0) is 0 Å². The number of hydrogen-bond donors (Lipinski definition) is 3. The van der Waals surface area contributed by atoms with E-state index in [1.165, 1.54) is 0 Å². The van der Waals surface area contributed by atoms with Crippen LogP contribution < -0.4 is 5.73 Å². The quantitative estimate of drug-likeness (QED) is 0.636. The molecule has 96 valence electrons. The normalized spacial score (nSPS) is 12.7. The second-order valence-corrected chi connectivity index (χ2v) is 5.24. The Hall–Kier alpha value is -1.85. The van der Waals surface area contributed by atoms with Crippen LogP contribution in [0.15, 0.2) is 46.9 Å². The lowest BCUT2D eigenvalue weighted by Crippen LogP contribution is -2.01. The molecular formula is C14H12BrN3O. The van der Waals surface area contributed by atoms with Gasteiger partial charge in [-0.3, -0.25) is 0 Å². The van der Waals surface area contributed by atoms with Gasteiger partial charge in [0.25, 0.3) is 0 Å². The van der Waals surface area contributed by atoms with E-state index in [9.17, 15) is 5.11 Å². The number of aromatic amines is 1. The molecule has 0 radical (unpaired) electrons. The zero-order valence-electron chi connectivity index (χ0n) is 9.97. The molecule has 0 aliphatic carbocycles. The van der Waals surface area contributed by atoms with Crippen LogP contribution in [0.1, 0.15) is 17.5 Å². The highest BCUT2D eigenvalue weighted by molar-refractivity contribution is 9.10. The highest BCUT2D eigenvalue weighted by atomic mass is 79.9. The Morgan fingerprint density at radius 1 is 1.21 bits per heavy atom. The van der Waals surface area contributed by atoms with Gasteiger partial charge in [-0.25, -0.2) is 4.98 Å². The molecule has 5 heteroatoms. The number of imidazole rings is 1. The van der Waals surface area contributed by atoms with E-state index >= 15 is 0 Å². The number of anilines is 1. The van der Waals surface area contributed by atoms with Crippen LogP contribution in [-0.4, -0.2) is 15.1 Å². The number of nitrogens with one attached hydrogen (secondary N) is 1. The number of hydrogen-bond acceptors (Lipinski definition) is 3. The molecule has 3 rings (SSSR count). The van der Waals surface area contributed by atoms with E-state index in [1.54, 1.807) is 6.07 Å². The van der Waals surface area contributed by atoms with Gasteiger partial charge in [0.05, 0.1) is 11.2 Å². The first-order valence-electron chi connectivity index (χ1n) is 5.83. The van der Waals surface area contributed by atoms with E-state index in [0.717, 1.165) is 15.6 Å². The molecule has 0 spiro atoms. The molecule has 0 aliphatic rings. The summed E-state index contributed by atoms with van der Waals surface area (Å²) in [6, 6.07) is 13.1. The third-order valence-corrected chi connectivity index (χ3v) is 3.43. The summed E-state index contributed by atoms with van der Waals surface area (Å²) in [5.41, 5.74) is 8.76. The Morgan fingerprint density at radius 3 is 2.68 bits per heavy atom. The first kappa shape index (κ1) is 12.2. The summed E-state index contributed by atoms with van der Waals surface area (Å²) in [4.78, 5) is 7.48.